The van der Waals surface area contributed by atoms with Crippen molar-refractivity contribution < 1.29 is 19.4 Å². The molecule has 0 radical (unpaired) electrons. The summed E-state index contributed by atoms with van der Waals surface area (Å²) in [6.07, 6.45) is 0.879. The third-order valence-electron chi connectivity index (χ3n) is 3.09. The van der Waals surface area contributed by atoms with E-state index < -0.39 is 5.97 Å². The molecule has 0 spiro atoms. The number of rotatable bonds is 5. The van der Waals surface area contributed by atoms with Gasteiger partial charge in [0.25, 0.3) is 5.91 Å². The number of aliphatic carboxylic acids is 1. The molecule has 0 bridgehead atoms. The monoisotopic (exact) mass is 263 g/mol. The lowest BCUT2D eigenvalue weighted by molar-refractivity contribution is -0.137. The summed E-state index contributed by atoms with van der Waals surface area (Å²) in [6.45, 7) is 2.82. The number of hydrogen-bond donors (Lipinski definition) is 2. The highest BCUT2D eigenvalue weighted by Crippen LogP contribution is 2.25. The molecule has 1 aromatic rings. The quantitative estimate of drug-likeness (QED) is 0.843. The van der Waals surface area contributed by atoms with E-state index in [9.17, 15) is 9.59 Å². The number of carboxylic acids is 1. The summed E-state index contributed by atoms with van der Waals surface area (Å²) in [5.74, 6) is -0.265. The molecule has 1 amide bonds. The molecule has 19 heavy (non-hydrogen) atoms. The minimum atomic E-state index is -0.851. The number of carbonyl (C=O) groups excluding carboxylic acids is 1. The van der Waals surface area contributed by atoms with Gasteiger partial charge < -0.3 is 15.2 Å². The van der Waals surface area contributed by atoms with Crippen molar-refractivity contribution in [3.8, 4) is 5.75 Å². The summed E-state index contributed by atoms with van der Waals surface area (Å²) >= 11 is 0. The lowest BCUT2D eigenvalue weighted by Gasteiger charge is -2.10. The Bertz CT molecular complexity index is 498. The Labute approximate surface area is 111 Å². The molecule has 0 aliphatic carbocycles. The molecule has 1 atom stereocenters. The second kappa shape index (κ2) is 5.73. The summed E-state index contributed by atoms with van der Waals surface area (Å²) in [7, 11) is 0. The average Bonchev–Trinajstić information content (AvgIpc) is 2.82. The maximum atomic E-state index is 11.9. The molecule has 0 fully saturated rings. The molecule has 0 saturated carbocycles. The third-order valence-corrected chi connectivity index (χ3v) is 3.09. The number of benzene rings is 1. The van der Waals surface area contributed by atoms with Crippen LogP contribution in [-0.2, 0) is 11.2 Å². The maximum absolute atomic E-state index is 11.9. The van der Waals surface area contributed by atoms with Gasteiger partial charge in [-0.25, -0.2) is 0 Å². The first-order chi connectivity index (χ1) is 9.06. The molecule has 0 aromatic heterocycles. The lowest BCUT2D eigenvalue weighted by Crippen LogP contribution is -2.29. The van der Waals surface area contributed by atoms with E-state index >= 15 is 0 Å². The normalized spacial score (nSPS) is 14.4. The lowest BCUT2D eigenvalue weighted by atomic mass is 10.1. The summed E-state index contributed by atoms with van der Waals surface area (Å²) in [6, 6.07) is 5.36. The van der Waals surface area contributed by atoms with Crippen molar-refractivity contribution in [2.24, 2.45) is 5.92 Å². The van der Waals surface area contributed by atoms with Crippen molar-refractivity contribution in [2.45, 2.75) is 19.8 Å². The Morgan fingerprint density at radius 3 is 3.00 bits per heavy atom. The van der Waals surface area contributed by atoms with Gasteiger partial charge in [-0.2, -0.15) is 0 Å². The van der Waals surface area contributed by atoms with Gasteiger partial charge in [0.15, 0.2) is 0 Å². The smallest absolute Gasteiger partial charge is 0.303 e. The predicted octanol–water partition coefficient (Wildman–Crippen LogP) is 1.46. The van der Waals surface area contributed by atoms with Gasteiger partial charge in [0.05, 0.1) is 6.61 Å². The average molecular weight is 263 g/mol. The van der Waals surface area contributed by atoms with Gasteiger partial charge in [0.2, 0.25) is 0 Å². The standard InChI is InChI=1S/C14H17NO4/c1-9(6-13(16)17)8-15-14(18)11-2-3-12-10(7-11)4-5-19-12/h2-3,7,9H,4-6,8H2,1H3,(H,15,18)(H,16,17)/t9-/m1/s1. The zero-order valence-electron chi connectivity index (χ0n) is 10.8. The Hall–Kier alpha value is -2.04. The minimum Gasteiger partial charge on any atom is -0.493 e. The Kier molecular flexibility index (Phi) is 4.04. The van der Waals surface area contributed by atoms with Crippen molar-refractivity contribution in [1.82, 2.24) is 5.32 Å². The minimum absolute atomic E-state index is 0.0539. The van der Waals surface area contributed by atoms with E-state index in [-0.39, 0.29) is 18.2 Å². The second-order valence-electron chi connectivity index (χ2n) is 4.83. The molecule has 5 nitrogen and oxygen atoms in total. The highest BCUT2D eigenvalue weighted by atomic mass is 16.5. The predicted molar refractivity (Wildman–Crippen MR) is 69.4 cm³/mol. The Morgan fingerprint density at radius 2 is 2.26 bits per heavy atom. The molecular weight excluding hydrogens is 246 g/mol. The van der Waals surface area contributed by atoms with Crippen molar-refractivity contribution in [3.05, 3.63) is 29.3 Å². The van der Waals surface area contributed by atoms with Gasteiger partial charge in [0.1, 0.15) is 5.75 Å². The molecule has 1 aromatic carbocycles. The zero-order valence-corrected chi connectivity index (χ0v) is 10.8. The topological polar surface area (TPSA) is 75.6 Å². The number of amides is 1. The van der Waals surface area contributed by atoms with Crippen LogP contribution in [0.4, 0.5) is 0 Å². The van der Waals surface area contributed by atoms with Gasteiger partial charge in [0, 0.05) is 24.9 Å². The Balaban J connectivity index is 1.91. The van der Waals surface area contributed by atoms with Crippen molar-refractivity contribution in [3.63, 3.8) is 0 Å². The number of fused-ring (bicyclic) bond motifs is 1. The van der Waals surface area contributed by atoms with E-state index in [1.807, 2.05) is 6.07 Å². The fraction of sp³-hybridized carbons (Fsp3) is 0.429. The van der Waals surface area contributed by atoms with Gasteiger partial charge in [-0.05, 0) is 29.7 Å². The maximum Gasteiger partial charge on any atom is 0.303 e. The van der Waals surface area contributed by atoms with Gasteiger partial charge >= 0.3 is 5.97 Å². The van der Waals surface area contributed by atoms with Gasteiger partial charge in [-0.3, -0.25) is 9.59 Å². The first kappa shape index (κ1) is 13.4. The largest absolute Gasteiger partial charge is 0.493 e. The van der Waals surface area contributed by atoms with E-state index in [1.165, 1.54) is 0 Å². The number of ether oxygens (including phenoxy) is 1. The molecule has 0 unspecified atom stereocenters. The molecule has 102 valence electrons. The highest BCUT2D eigenvalue weighted by Gasteiger charge is 2.15. The van der Waals surface area contributed by atoms with Crippen molar-refractivity contribution >= 4 is 11.9 Å². The SMILES string of the molecule is C[C@@H](CNC(=O)c1ccc2c(c1)CCO2)CC(=O)O. The van der Waals surface area contributed by atoms with Crippen LogP contribution in [0.5, 0.6) is 5.75 Å². The van der Waals surface area contributed by atoms with Gasteiger partial charge in [-0.1, -0.05) is 6.92 Å². The van der Waals surface area contributed by atoms with E-state index in [0.717, 1.165) is 17.7 Å². The van der Waals surface area contributed by atoms with Crippen LogP contribution in [0.2, 0.25) is 0 Å². The van der Waals surface area contributed by atoms with E-state index in [2.05, 4.69) is 5.32 Å². The van der Waals surface area contributed by atoms with Crippen LogP contribution in [-0.4, -0.2) is 30.1 Å². The van der Waals surface area contributed by atoms with Crippen LogP contribution in [0.3, 0.4) is 0 Å². The van der Waals surface area contributed by atoms with Crippen molar-refractivity contribution in [2.75, 3.05) is 13.2 Å². The number of carbonyl (C=O) groups is 2. The molecular formula is C14H17NO4. The molecule has 2 rings (SSSR count). The van der Waals surface area contributed by atoms with Crippen LogP contribution in [0, 0.1) is 5.92 Å². The first-order valence-corrected chi connectivity index (χ1v) is 6.32. The summed E-state index contributed by atoms with van der Waals surface area (Å²) in [5, 5.41) is 11.4. The second-order valence-corrected chi connectivity index (χ2v) is 4.83. The molecule has 1 aliphatic rings. The number of hydrogen-bond acceptors (Lipinski definition) is 3. The third kappa shape index (κ3) is 3.47. The fourth-order valence-electron chi connectivity index (χ4n) is 2.07. The molecule has 1 aliphatic heterocycles. The van der Waals surface area contributed by atoms with Crippen LogP contribution in [0.25, 0.3) is 0 Å². The number of nitrogens with one attached hydrogen (secondary N) is 1. The molecule has 5 heteroatoms. The highest BCUT2D eigenvalue weighted by molar-refractivity contribution is 5.94. The first-order valence-electron chi connectivity index (χ1n) is 6.32. The summed E-state index contributed by atoms with van der Waals surface area (Å²) < 4.78 is 5.38. The van der Waals surface area contributed by atoms with Gasteiger partial charge in [-0.15, -0.1) is 0 Å². The Morgan fingerprint density at radius 1 is 1.47 bits per heavy atom. The van der Waals surface area contributed by atoms with E-state index in [0.29, 0.717) is 18.7 Å². The van der Waals surface area contributed by atoms with Crippen LogP contribution >= 0.6 is 0 Å². The molecule has 1 heterocycles. The number of carboxylic acid groups (broad SMARTS) is 1. The fourth-order valence-corrected chi connectivity index (χ4v) is 2.07. The van der Waals surface area contributed by atoms with E-state index in [1.54, 1.807) is 19.1 Å². The molecule has 2 N–H and O–H groups in total. The van der Waals surface area contributed by atoms with Crippen LogP contribution in [0.15, 0.2) is 18.2 Å². The van der Waals surface area contributed by atoms with E-state index in [4.69, 9.17) is 9.84 Å². The van der Waals surface area contributed by atoms with Crippen LogP contribution < -0.4 is 10.1 Å². The van der Waals surface area contributed by atoms with Crippen LogP contribution in [0.1, 0.15) is 29.3 Å². The van der Waals surface area contributed by atoms with Crippen molar-refractivity contribution in [1.29, 1.82) is 0 Å². The summed E-state index contributed by atoms with van der Waals surface area (Å²) in [5.41, 5.74) is 1.64. The summed E-state index contributed by atoms with van der Waals surface area (Å²) in [4.78, 5) is 22.5. The zero-order chi connectivity index (χ0) is 13.8. The molecule has 0 saturated heterocycles.